The van der Waals surface area contributed by atoms with Gasteiger partial charge in [-0.2, -0.15) is 5.10 Å². The van der Waals surface area contributed by atoms with Gasteiger partial charge in [0, 0.05) is 5.69 Å². The molecule has 0 fully saturated rings. The highest BCUT2D eigenvalue weighted by molar-refractivity contribution is 5.96. The lowest BCUT2D eigenvalue weighted by atomic mass is 10.2. The zero-order chi connectivity index (χ0) is 15.9. The van der Waals surface area contributed by atoms with Gasteiger partial charge < -0.3 is 5.32 Å². The number of nitrogens with one attached hydrogen (secondary N) is 1. The lowest BCUT2D eigenvalue weighted by Gasteiger charge is -2.03. The van der Waals surface area contributed by atoms with Crippen LogP contribution >= 0.6 is 0 Å². The number of tetrazole rings is 1. The van der Waals surface area contributed by atoms with Gasteiger partial charge in [-0.1, -0.05) is 64.5 Å². The van der Waals surface area contributed by atoms with Crippen LogP contribution in [-0.2, 0) is 0 Å². The number of rotatable bonds is 5. The van der Waals surface area contributed by atoms with Crippen LogP contribution in [0.5, 0.6) is 0 Å². The van der Waals surface area contributed by atoms with Crippen LogP contribution in [0.2, 0.25) is 0 Å². The van der Waals surface area contributed by atoms with E-state index in [2.05, 4.69) is 25.9 Å². The largest absolute Gasteiger partial charge is 0.321 e. The van der Waals surface area contributed by atoms with Crippen LogP contribution in [0.4, 0.5) is 11.6 Å². The molecule has 0 amide bonds. The minimum absolute atomic E-state index is 0.462. The second kappa shape index (κ2) is 7.13. The first kappa shape index (κ1) is 14.6. The summed E-state index contributed by atoms with van der Waals surface area (Å²) in [6.07, 6.45) is 3.91. The third kappa shape index (κ3) is 4.10. The summed E-state index contributed by atoms with van der Waals surface area (Å²) >= 11 is 0. The molecular weight excluding hydrogens is 288 g/mol. The van der Waals surface area contributed by atoms with Gasteiger partial charge in [0.25, 0.3) is 5.95 Å². The molecule has 0 bridgehead atoms. The van der Waals surface area contributed by atoms with Crippen molar-refractivity contribution in [3.63, 3.8) is 0 Å². The van der Waals surface area contributed by atoms with Gasteiger partial charge in [-0.05, 0) is 41.1 Å². The lowest BCUT2D eigenvalue weighted by Crippen LogP contribution is -2.02. The number of allylic oxidation sites excluding steroid dienone is 1. The standard InChI is InChI=1S/C17H16N6/c1-14(12-13-15-8-4-2-5-9-15)20-23-17(19-21-22-23)18-16-10-6-3-7-11-16/h2-13H,1H3,(H,18,19,22). The van der Waals surface area contributed by atoms with E-state index in [1.54, 1.807) is 0 Å². The topological polar surface area (TPSA) is 68.0 Å². The molecule has 0 atom stereocenters. The van der Waals surface area contributed by atoms with Gasteiger partial charge in [0.05, 0.1) is 5.71 Å². The average molecular weight is 304 g/mol. The summed E-state index contributed by atoms with van der Waals surface area (Å²) in [4.78, 5) is 1.37. The average Bonchev–Trinajstić information content (AvgIpc) is 3.02. The number of hydrogen-bond donors (Lipinski definition) is 1. The van der Waals surface area contributed by atoms with E-state index in [0.717, 1.165) is 17.0 Å². The van der Waals surface area contributed by atoms with Crippen molar-refractivity contribution in [2.24, 2.45) is 5.10 Å². The molecule has 0 radical (unpaired) electrons. The van der Waals surface area contributed by atoms with E-state index >= 15 is 0 Å². The molecule has 2 aromatic carbocycles. The Hall–Kier alpha value is -3.28. The fourth-order valence-electron chi connectivity index (χ4n) is 1.94. The minimum atomic E-state index is 0.462. The van der Waals surface area contributed by atoms with E-state index in [1.807, 2.05) is 79.7 Å². The van der Waals surface area contributed by atoms with Crippen molar-refractivity contribution in [2.45, 2.75) is 6.92 Å². The van der Waals surface area contributed by atoms with E-state index in [9.17, 15) is 0 Å². The van der Waals surface area contributed by atoms with Crippen molar-refractivity contribution in [1.29, 1.82) is 0 Å². The van der Waals surface area contributed by atoms with Crippen molar-refractivity contribution < 1.29 is 0 Å². The molecule has 3 aromatic rings. The Labute approximate surface area is 134 Å². The van der Waals surface area contributed by atoms with E-state index in [0.29, 0.717) is 5.95 Å². The van der Waals surface area contributed by atoms with Crippen LogP contribution in [0.25, 0.3) is 6.08 Å². The van der Waals surface area contributed by atoms with Crippen LogP contribution in [0, 0.1) is 0 Å². The van der Waals surface area contributed by atoms with Crippen LogP contribution in [0.1, 0.15) is 12.5 Å². The maximum absolute atomic E-state index is 4.38. The van der Waals surface area contributed by atoms with Gasteiger partial charge in [-0.15, -0.1) is 0 Å². The van der Waals surface area contributed by atoms with Gasteiger partial charge in [-0.25, -0.2) is 0 Å². The molecule has 1 heterocycles. The smallest absolute Gasteiger partial charge is 0.269 e. The Morgan fingerprint density at radius 1 is 1.04 bits per heavy atom. The van der Waals surface area contributed by atoms with Gasteiger partial charge in [0.1, 0.15) is 0 Å². The number of aromatic nitrogens is 4. The molecule has 114 valence electrons. The van der Waals surface area contributed by atoms with Crippen LogP contribution in [0.15, 0.2) is 71.8 Å². The molecule has 0 aliphatic carbocycles. The summed E-state index contributed by atoms with van der Waals surface area (Å²) in [6, 6.07) is 19.7. The Morgan fingerprint density at radius 2 is 1.74 bits per heavy atom. The summed E-state index contributed by atoms with van der Waals surface area (Å²) in [5.74, 6) is 0.462. The van der Waals surface area contributed by atoms with E-state index in [1.165, 1.54) is 4.79 Å². The van der Waals surface area contributed by atoms with Crippen LogP contribution in [-0.4, -0.2) is 26.0 Å². The fourth-order valence-corrected chi connectivity index (χ4v) is 1.94. The Balaban J connectivity index is 1.75. The second-order valence-electron chi connectivity index (χ2n) is 4.87. The molecule has 0 aliphatic heterocycles. The Morgan fingerprint density at radius 3 is 2.48 bits per heavy atom. The zero-order valence-electron chi connectivity index (χ0n) is 12.7. The first-order valence-electron chi connectivity index (χ1n) is 7.20. The molecule has 1 N–H and O–H groups in total. The Bertz CT molecular complexity index is 805. The first-order valence-corrected chi connectivity index (χ1v) is 7.20. The molecular formula is C17H16N6. The third-order valence-corrected chi connectivity index (χ3v) is 3.05. The van der Waals surface area contributed by atoms with Crippen molar-refractivity contribution in [1.82, 2.24) is 20.3 Å². The quantitative estimate of drug-likeness (QED) is 0.734. The highest BCUT2D eigenvalue weighted by Gasteiger charge is 2.04. The molecule has 6 nitrogen and oxygen atoms in total. The van der Waals surface area contributed by atoms with Gasteiger partial charge in [0.2, 0.25) is 0 Å². The first-order chi connectivity index (χ1) is 11.3. The molecule has 0 spiro atoms. The van der Waals surface area contributed by atoms with Gasteiger partial charge >= 0.3 is 0 Å². The molecule has 0 aliphatic rings. The van der Waals surface area contributed by atoms with Crippen molar-refractivity contribution in [3.8, 4) is 0 Å². The number of benzene rings is 2. The molecule has 1 aromatic heterocycles. The molecule has 6 heteroatoms. The van der Waals surface area contributed by atoms with Crippen LogP contribution in [0.3, 0.4) is 0 Å². The number of anilines is 2. The Kier molecular flexibility index (Phi) is 4.54. The summed E-state index contributed by atoms with van der Waals surface area (Å²) < 4.78 is 0. The maximum atomic E-state index is 4.38. The highest BCUT2D eigenvalue weighted by Crippen LogP contribution is 2.12. The SMILES string of the molecule is CC(C=Cc1ccccc1)=Nn1nnnc1Nc1ccccc1. The summed E-state index contributed by atoms with van der Waals surface area (Å²) in [6.45, 7) is 1.90. The van der Waals surface area contributed by atoms with Crippen molar-refractivity contribution >= 4 is 23.4 Å². The number of hydrogen-bond acceptors (Lipinski definition) is 5. The third-order valence-electron chi connectivity index (χ3n) is 3.05. The maximum Gasteiger partial charge on any atom is 0.269 e. The predicted molar refractivity (Wildman–Crippen MR) is 91.5 cm³/mol. The van der Waals surface area contributed by atoms with E-state index in [4.69, 9.17) is 0 Å². The molecule has 0 saturated carbocycles. The van der Waals surface area contributed by atoms with Crippen LogP contribution < -0.4 is 5.32 Å². The lowest BCUT2D eigenvalue weighted by molar-refractivity contribution is 0.696. The number of nitrogens with zero attached hydrogens (tertiary/aromatic N) is 5. The minimum Gasteiger partial charge on any atom is -0.321 e. The van der Waals surface area contributed by atoms with Gasteiger partial charge in [-0.3, -0.25) is 0 Å². The van der Waals surface area contributed by atoms with Gasteiger partial charge in [0.15, 0.2) is 0 Å². The summed E-state index contributed by atoms with van der Waals surface area (Å²) in [7, 11) is 0. The zero-order valence-corrected chi connectivity index (χ0v) is 12.7. The normalized spacial score (nSPS) is 11.8. The van der Waals surface area contributed by atoms with Crippen molar-refractivity contribution in [2.75, 3.05) is 5.32 Å². The molecule has 0 unspecified atom stereocenters. The monoisotopic (exact) mass is 304 g/mol. The summed E-state index contributed by atoms with van der Waals surface area (Å²) in [5.41, 5.74) is 2.80. The van der Waals surface area contributed by atoms with Crippen molar-refractivity contribution in [3.05, 3.63) is 72.3 Å². The fraction of sp³-hybridized carbons (Fsp3) is 0.0588. The number of para-hydroxylation sites is 1. The molecule has 0 saturated heterocycles. The highest BCUT2D eigenvalue weighted by atomic mass is 15.7. The molecule has 3 rings (SSSR count). The summed E-state index contributed by atoms with van der Waals surface area (Å²) in [5, 5.41) is 19.0. The second-order valence-corrected chi connectivity index (χ2v) is 4.87. The van der Waals surface area contributed by atoms with E-state index < -0.39 is 0 Å². The molecule has 23 heavy (non-hydrogen) atoms. The van der Waals surface area contributed by atoms with E-state index in [-0.39, 0.29) is 0 Å². The predicted octanol–water partition coefficient (Wildman–Crippen LogP) is 3.35.